The number of nitrogens with one attached hydrogen (secondary N) is 1. The Bertz CT molecular complexity index is 429. The van der Waals surface area contributed by atoms with Gasteiger partial charge in [-0.2, -0.15) is 5.26 Å². The maximum Gasteiger partial charge on any atom is 0.227 e. The van der Waals surface area contributed by atoms with Crippen molar-refractivity contribution in [3.8, 4) is 6.07 Å². The Morgan fingerprint density at radius 1 is 0.760 bits per heavy atom. The SMILES string of the molecule is CCCCCCCCCNS(=O)(=O)C(C#N)CCCCCCCCC. The third-order valence-electron chi connectivity index (χ3n) is 4.67. The number of sulfonamides is 1. The lowest BCUT2D eigenvalue weighted by atomic mass is 10.1. The quantitative estimate of drug-likeness (QED) is 0.314. The smallest absolute Gasteiger partial charge is 0.214 e. The van der Waals surface area contributed by atoms with Crippen LogP contribution in [0.3, 0.4) is 0 Å². The number of nitriles is 1. The van der Waals surface area contributed by atoms with Gasteiger partial charge in [-0.25, -0.2) is 13.1 Å². The van der Waals surface area contributed by atoms with E-state index in [1.807, 2.05) is 6.07 Å². The first-order valence-electron chi connectivity index (χ1n) is 10.5. The molecule has 0 rings (SSSR count). The van der Waals surface area contributed by atoms with E-state index in [1.54, 1.807) is 0 Å². The summed E-state index contributed by atoms with van der Waals surface area (Å²) in [6.45, 7) is 4.86. The molecule has 0 aliphatic rings. The summed E-state index contributed by atoms with van der Waals surface area (Å²) < 4.78 is 27.0. The van der Waals surface area contributed by atoms with Crippen molar-refractivity contribution in [1.29, 1.82) is 5.26 Å². The Hall–Kier alpha value is -0.600. The van der Waals surface area contributed by atoms with E-state index in [9.17, 15) is 13.7 Å². The van der Waals surface area contributed by atoms with Crippen LogP contribution >= 0.6 is 0 Å². The standard InChI is InChI=1S/C20H40N2O2S/c1-3-5-7-9-11-13-15-17-20(19-21)25(23,24)22-18-16-14-12-10-8-6-4-2/h20,22H,3-18H2,1-2H3. The first-order chi connectivity index (χ1) is 12.1. The van der Waals surface area contributed by atoms with Crippen LogP contribution in [0.25, 0.3) is 0 Å². The van der Waals surface area contributed by atoms with E-state index in [0.29, 0.717) is 13.0 Å². The molecular weight excluding hydrogens is 332 g/mol. The van der Waals surface area contributed by atoms with Crippen LogP contribution in [0.4, 0.5) is 0 Å². The molecule has 25 heavy (non-hydrogen) atoms. The predicted octanol–water partition coefficient (Wildman–Crippen LogP) is 5.69. The third-order valence-corrected chi connectivity index (χ3v) is 6.37. The second kappa shape index (κ2) is 16.8. The number of hydrogen-bond donors (Lipinski definition) is 1. The van der Waals surface area contributed by atoms with E-state index in [1.165, 1.54) is 57.8 Å². The zero-order chi connectivity index (χ0) is 18.8. The fourth-order valence-corrected chi connectivity index (χ4v) is 4.22. The largest absolute Gasteiger partial charge is 0.227 e. The molecule has 0 radical (unpaired) electrons. The van der Waals surface area contributed by atoms with Gasteiger partial charge in [-0.05, 0) is 12.8 Å². The van der Waals surface area contributed by atoms with Gasteiger partial charge in [-0.1, -0.05) is 97.3 Å². The van der Waals surface area contributed by atoms with Gasteiger partial charge in [0, 0.05) is 6.54 Å². The Balaban J connectivity index is 3.80. The number of nitrogens with zero attached hydrogens (tertiary/aromatic N) is 1. The Labute approximate surface area is 156 Å². The van der Waals surface area contributed by atoms with E-state index in [4.69, 9.17) is 0 Å². The fourth-order valence-electron chi connectivity index (χ4n) is 2.97. The first-order valence-corrected chi connectivity index (χ1v) is 12.0. The molecule has 0 saturated carbocycles. The molecule has 4 nitrogen and oxygen atoms in total. The van der Waals surface area contributed by atoms with Crippen LogP contribution in [0.5, 0.6) is 0 Å². The number of rotatable bonds is 18. The van der Waals surface area contributed by atoms with Gasteiger partial charge in [-0.15, -0.1) is 0 Å². The van der Waals surface area contributed by atoms with Gasteiger partial charge in [0.05, 0.1) is 6.07 Å². The normalized spacial score (nSPS) is 12.8. The third kappa shape index (κ3) is 14.3. The van der Waals surface area contributed by atoms with Crippen molar-refractivity contribution < 1.29 is 8.42 Å². The lowest BCUT2D eigenvalue weighted by Gasteiger charge is -2.12. The van der Waals surface area contributed by atoms with E-state index in [0.717, 1.165) is 32.1 Å². The van der Waals surface area contributed by atoms with E-state index < -0.39 is 15.3 Å². The summed E-state index contributed by atoms with van der Waals surface area (Å²) in [4.78, 5) is 0. The topological polar surface area (TPSA) is 70.0 Å². The maximum absolute atomic E-state index is 12.2. The van der Waals surface area contributed by atoms with Crippen molar-refractivity contribution in [3.05, 3.63) is 0 Å². The van der Waals surface area contributed by atoms with E-state index in [2.05, 4.69) is 18.6 Å². The summed E-state index contributed by atoms with van der Waals surface area (Å²) in [6.07, 6.45) is 16.6. The van der Waals surface area contributed by atoms with Gasteiger partial charge in [0.1, 0.15) is 0 Å². The molecule has 0 heterocycles. The van der Waals surface area contributed by atoms with Gasteiger partial charge >= 0.3 is 0 Å². The Morgan fingerprint density at radius 3 is 1.68 bits per heavy atom. The van der Waals surface area contributed by atoms with Gasteiger partial charge in [0.25, 0.3) is 0 Å². The minimum atomic E-state index is -3.49. The summed E-state index contributed by atoms with van der Waals surface area (Å²) in [5, 5.41) is 8.29. The van der Waals surface area contributed by atoms with Crippen molar-refractivity contribution in [2.75, 3.05) is 6.54 Å². The molecule has 0 bridgehead atoms. The average Bonchev–Trinajstić information content (AvgIpc) is 2.59. The van der Waals surface area contributed by atoms with Crippen molar-refractivity contribution in [3.63, 3.8) is 0 Å². The molecule has 0 aromatic rings. The first kappa shape index (κ1) is 24.4. The minimum Gasteiger partial charge on any atom is -0.214 e. The van der Waals surface area contributed by atoms with Gasteiger partial charge < -0.3 is 0 Å². The Kier molecular flexibility index (Phi) is 16.4. The second-order valence-electron chi connectivity index (χ2n) is 7.09. The highest BCUT2D eigenvalue weighted by Gasteiger charge is 2.23. The molecule has 148 valence electrons. The zero-order valence-corrected chi connectivity index (χ0v) is 17.4. The molecule has 0 aromatic carbocycles. The average molecular weight is 373 g/mol. The summed E-state index contributed by atoms with van der Waals surface area (Å²) >= 11 is 0. The van der Waals surface area contributed by atoms with Crippen molar-refractivity contribution in [1.82, 2.24) is 4.72 Å². The number of unbranched alkanes of at least 4 members (excludes halogenated alkanes) is 12. The molecule has 1 N–H and O–H groups in total. The lowest BCUT2D eigenvalue weighted by molar-refractivity contribution is 0.545. The molecule has 0 fully saturated rings. The van der Waals surface area contributed by atoms with Crippen molar-refractivity contribution in [2.24, 2.45) is 0 Å². The molecule has 1 atom stereocenters. The maximum atomic E-state index is 12.2. The molecule has 5 heteroatoms. The highest BCUT2D eigenvalue weighted by atomic mass is 32.2. The minimum absolute atomic E-state index is 0.455. The van der Waals surface area contributed by atoms with Gasteiger partial charge in [0.2, 0.25) is 10.0 Å². The van der Waals surface area contributed by atoms with Crippen molar-refractivity contribution in [2.45, 2.75) is 115 Å². The van der Waals surface area contributed by atoms with E-state index >= 15 is 0 Å². The van der Waals surface area contributed by atoms with Crippen LogP contribution in [0, 0.1) is 11.3 Å². The fraction of sp³-hybridized carbons (Fsp3) is 0.950. The van der Waals surface area contributed by atoms with Crippen LogP contribution in [0.15, 0.2) is 0 Å². The molecule has 0 spiro atoms. The second-order valence-corrected chi connectivity index (χ2v) is 9.04. The predicted molar refractivity (Wildman–Crippen MR) is 107 cm³/mol. The van der Waals surface area contributed by atoms with Crippen molar-refractivity contribution >= 4 is 10.0 Å². The monoisotopic (exact) mass is 372 g/mol. The number of hydrogen-bond acceptors (Lipinski definition) is 3. The highest BCUT2D eigenvalue weighted by molar-refractivity contribution is 7.90. The highest BCUT2D eigenvalue weighted by Crippen LogP contribution is 2.13. The molecule has 1 unspecified atom stereocenters. The van der Waals surface area contributed by atoms with Crippen LogP contribution in [-0.4, -0.2) is 20.2 Å². The summed E-state index contributed by atoms with van der Waals surface area (Å²) in [7, 11) is -3.49. The van der Waals surface area contributed by atoms with Crippen LogP contribution in [-0.2, 0) is 10.0 Å². The van der Waals surface area contributed by atoms with Gasteiger partial charge in [0.15, 0.2) is 5.25 Å². The van der Waals surface area contributed by atoms with E-state index in [-0.39, 0.29) is 0 Å². The molecule has 0 amide bonds. The molecular formula is C20H40N2O2S. The van der Waals surface area contributed by atoms with Gasteiger partial charge in [-0.3, -0.25) is 0 Å². The molecule has 0 aliphatic carbocycles. The summed E-state index contributed by atoms with van der Waals surface area (Å²) in [6, 6.07) is 1.98. The molecule has 0 aromatic heterocycles. The van der Waals surface area contributed by atoms with Crippen LogP contribution < -0.4 is 4.72 Å². The Morgan fingerprint density at radius 2 is 1.20 bits per heavy atom. The van der Waals surface area contributed by atoms with Crippen LogP contribution in [0.1, 0.15) is 110 Å². The zero-order valence-electron chi connectivity index (χ0n) is 16.6. The molecule has 0 aliphatic heterocycles. The van der Waals surface area contributed by atoms with Crippen LogP contribution in [0.2, 0.25) is 0 Å². The lowest BCUT2D eigenvalue weighted by Crippen LogP contribution is -2.34. The summed E-state index contributed by atoms with van der Waals surface area (Å²) in [5.41, 5.74) is 0. The molecule has 0 saturated heterocycles. The summed E-state index contributed by atoms with van der Waals surface area (Å²) in [5.74, 6) is 0.